The van der Waals surface area contributed by atoms with Gasteiger partial charge in [0.25, 0.3) is 0 Å². The number of carbonyl (C=O) groups excluding carboxylic acids is 3. The number of rotatable bonds is 5. The molecular weight excluding hydrogens is 380 g/mol. The number of hydrogen-bond acceptors (Lipinski definition) is 4. The molecule has 1 saturated carbocycles. The SMILES string of the molecule is O=C(NCc1ccncc1)[C@@H]1CC(=O)N(c2ccc3c(c2)CCN3C(=O)C2CC2)C1. The van der Waals surface area contributed by atoms with Crippen LogP contribution in [0.15, 0.2) is 42.7 Å². The fraction of sp³-hybridized carbons (Fsp3) is 0.391. The summed E-state index contributed by atoms with van der Waals surface area (Å²) in [6.45, 7) is 1.52. The van der Waals surface area contributed by atoms with Crippen LogP contribution in [-0.2, 0) is 27.3 Å². The van der Waals surface area contributed by atoms with Crippen LogP contribution < -0.4 is 15.1 Å². The summed E-state index contributed by atoms with van der Waals surface area (Å²) >= 11 is 0. The average molecular weight is 404 g/mol. The Morgan fingerprint density at radius 1 is 1.10 bits per heavy atom. The van der Waals surface area contributed by atoms with Crippen LogP contribution in [0, 0.1) is 11.8 Å². The van der Waals surface area contributed by atoms with Crippen LogP contribution >= 0.6 is 0 Å². The molecule has 3 heterocycles. The Labute approximate surface area is 175 Å². The topological polar surface area (TPSA) is 82.6 Å². The Morgan fingerprint density at radius 2 is 1.90 bits per heavy atom. The van der Waals surface area contributed by atoms with Gasteiger partial charge in [0.05, 0.1) is 5.92 Å². The minimum Gasteiger partial charge on any atom is -0.352 e. The first kappa shape index (κ1) is 18.8. The van der Waals surface area contributed by atoms with Gasteiger partial charge in [-0.05, 0) is 60.7 Å². The number of hydrogen-bond donors (Lipinski definition) is 1. The van der Waals surface area contributed by atoms with Crippen molar-refractivity contribution in [1.82, 2.24) is 10.3 Å². The van der Waals surface area contributed by atoms with Crippen LogP contribution in [0.4, 0.5) is 11.4 Å². The van der Waals surface area contributed by atoms with Gasteiger partial charge < -0.3 is 15.1 Å². The molecule has 3 aliphatic rings. The summed E-state index contributed by atoms with van der Waals surface area (Å²) in [5, 5.41) is 2.92. The summed E-state index contributed by atoms with van der Waals surface area (Å²) in [5.74, 6) is -0.0830. The highest BCUT2D eigenvalue weighted by Crippen LogP contribution is 2.38. The van der Waals surface area contributed by atoms with Crippen LogP contribution in [0.3, 0.4) is 0 Å². The molecule has 1 atom stereocenters. The van der Waals surface area contributed by atoms with Gasteiger partial charge in [0.2, 0.25) is 17.7 Å². The third-order valence-electron chi connectivity index (χ3n) is 6.17. The molecule has 0 unspecified atom stereocenters. The zero-order valence-electron chi connectivity index (χ0n) is 16.7. The lowest BCUT2D eigenvalue weighted by Gasteiger charge is -2.20. The molecule has 2 fully saturated rings. The highest BCUT2D eigenvalue weighted by atomic mass is 16.2. The Balaban J connectivity index is 1.25. The molecule has 1 aromatic heterocycles. The van der Waals surface area contributed by atoms with E-state index in [4.69, 9.17) is 0 Å². The molecular formula is C23H24N4O3. The molecule has 0 radical (unpaired) electrons. The van der Waals surface area contributed by atoms with Gasteiger partial charge in [-0.1, -0.05) is 0 Å². The monoisotopic (exact) mass is 404 g/mol. The van der Waals surface area contributed by atoms with Crippen molar-refractivity contribution in [3.8, 4) is 0 Å². The van der Waals surface area contributed by atoms with Crippen molar-refractivity contribution in [2.24, 2.45) is 11.8 Å². The second-order valence-electron chi connectivity index (χ2n) is 8.31. The van der Waals surface area contributed by atoms with E-state index in [9.17, 15) is 14.4 Å². The number of carbonyl (C=O) groups is 3. The number of amides is 3. The summed E-state index contributed by atoms with van der Waals surface area (Å²) in [4.78, 5) is 45.2. The van der Waals surface area contributed by atoms with Gasteiger partial charge in [-0.2, -0.15) is 0 Å². The molecule has 1 aliphatic carbocycles. The maximum atomic E-state index is 12.6. The molecule has 1 N–H and O–H groups in total. The van der Waals surface area contributed by atoms with Crippen LogP contribution in [-0.4, -0.2) is 35.8 Å². The molecule has 5 rings (SSSR count). The minimum atomic E-state index is -0.361. The molecule has 3 amide bonds. The molecule has 7 heteroatoms. The van der Waals surface area contributed by atoms with E-state index in [0.717, 1.165) is 41.8 Å². The first-order valence-electron chi connectivity index (χ1n) is 10.5. The number of pyridine rings is 1. The van der Waals surface area contributed by atoms with Gasteiger partial charge >= 0.3 is 0 Å². The quantitative estimate of drug-likeness (QED) is 0.827. The summed E-state index contributed by atoms with van der Waals surface area (Å²) in [6.07, 6.45) is 6.39. The molecule has 7 nitrogen and oxygen atoms in total. The predicted molar refractivity (Wildman–Crippen MR) is 112 cm³/mol. The van der Waals surface area contributed by atoms with Crippen LogP contribution in [0.5, 0.6) is 0 Å². The van der Waals surface area contributed by atoms with Crippen LogP contribution in [0.2, 0.25) is 0 Å². The molecule has 1 saturated heterocycles. The molecule has 0 spiro atoms. The van der Waals surface area contributed by atoms with Crippen molar-refractivity contribution in [2.75, 3.05) is 22.9 Å². The van der Waals surface area contributed by atoms with Gasteiger partial charge in [0.15, 0.2) is 0 Å². The number of fused-ring (bicyclic) bond motifs is 1. The first-order chi connectivity index (χ1) is 14.6. The Kier molecular flexibility index (Phi) is 4.73. The molecule has 1 aromatic carbocycles. The van der Waals surface area contributed by atoms with E-state index in [1.807, 2.05) is 35.2 Å². The molecule has 154 valence electrons. The number of anilines is 2. The van der Waals surface area contributed by atoms with E-state index in [-0.39, 0.29) is 36.0 Å². The summed E-state index contributed by atoms with van der Waals surface area (Å²) < 4.78 is 0. The Bertz CT molecular complexity index is 1000. The minimum absolute atomic E-state index is 0.0390. The van der Waals surface area contributed by atoms with E-state index in [2.05, 4.69) is 10.3 Å². The maximum Gasteiger partial charge on any atom is 0.230 e. The molecule has 2 aliphatic heterocycles. The summed E-state index contributed by atoms with van der Waals surface area (Å²) in [6, 6.07) is 9.56. The average Bonchev–Trinajstić information content (AvgIpc) is 3.42. The van der Waals surface area contributed by atoms with Crippen molar-refractivity contribution < 1.29 is 14.4 Å². The highest BCUT2D eigenvalue weighted by molar-refractivity contribution is 6.02. The fourth-order valence-electron chi connectivity index (χ4n) is 4.30. The van der Waals surface area contributed by atoms with Crippen LogP contribution in [0.25, 0.3) is 0 Å². The number of aromatic nitrogens is 1. The lowest BCUT2D eigenvalue weighted by Crippen LogP contribution is -2.32. The summed E-state index contributed by atoms with van der Waals surface area (Å²) in [5.41, 5.74) is 3.85. The number of benzene rings is 1. The van der Waals surface area contributed by atoms with Crippen molar-refractivity contribution in [1.29, 1.82) is 0 Å². The van der Waals surface area contributed by atoms with Gasteiger partial charge in [0.1, 0.15) is 0 Å². The number of nitrogens with zero attached hydrogens (tertiary/aromatic N) is 3. The predicted octanol–water partition coefficient (Wildman–Crippen LogP) is 2.05. The third kappa shape index (κ3) is 3.56. The van der Waals surface area contributed by atoms with E-state index < -0.39 is 0 Å². The van der Waals surface area contributed by atoms with Crippen LogP contribution in [0.1, 0.15) is 30.4 Å². The van der Waals surface area contributed by atoms with E-state index >= 15 is 0 Å². The zero-order valence-corrected chi connectivity index (χ0v) is 16.7. The Hall–Kier alpha value is -3.22. The second kappa shape index (κ2) is 7.55. The van der Waals surface area contributed by atoms with Gasteiger partial charge in [-0.3, -0.25) is 19.4 Å². The van der Waals surface area contributed by atoms with Gasteiger partial charge in [-0.25, -0.2) is 0 Å². The van der Waals surface area contributed by atoms with Crippen molar-refractivity contribution in [3.63, 3.8) is 0 Å². The van der Waals surface area contributed by atoms with E-state index in [1.165, 1.54) is 0 Å². The normalized spacial score (nSPS) is 20.4. The van der Waals surface area contributed by atoms with Gasteiger partial charge in [0, 0.05) is 55.7 Å². The summed E-state index contributed by atoms with van der Waals surface area (Å²) in [7, 11) is 0. The Morgan fingerprint density at radius 3 is 2.67 bits per heavy atom. The molecule has 0 bridgehead atoms. The van der Waals surface area contributed by atoms with Crippen molar-refractivity contribution in [2.45, 2.75) is 32.2 Å². The highest BCUT2D eigenvalue weighted by Gasteiger charge is 2.38. The molecule has 30 heavy (non-hydrogen) atoms. The largest absolute Gasteiger partial charge is 0.352 e. The van der Waals surface area contributed by atoms with Crippen molar-refractivity contribution >= 4 is 29.1 Å². The van der Waals surface area contributed by atoms with E-state index in [1.54, 1.807) is 17.3 Å². The van der Waals surface area contributed by atoms with Gasteiger partial charge in [-0.15, -0.1) is 0 Å². The smallest absolute Gasteiger partial charge is 0.230 e. The fourth-order valence-corrected chi connectivity index (χ4v) is 4.30. The van der Waals surface area contributed by atoms with Crippen molar-refractivity contribution in [3.05, 3.63) is 53.9 Å². The lowest BCUT2D eigenvalue weighted by atomic mass is 10.1. The maximum absolute atomic E-state index is 12.6. The number of nitrogens with one attached hydrogen (secondary N) is 1. The van der Waals surface area contributed by atoms with E-state index in [0.29, 0.717) is 19.6 Å². The molecule has 2 aromatic rings. The second-order valence-corrected chi connectivity index (χ2v) is 8.31. The first-order valence-corrected chi connectivity index (χ1v) is 10.5. The third-order valence-corrected chi connectivity index (χ3v) is 6.17. The standard InChI is InChI=1S/C23H24N4O3/c28-21-12-18(22(29)25-13-15-5-8-24-9-6-15)14-27(21)19-3-4-20-17(11-19)7-10-26(20)23(30)16-1-2-16/h3-6,8-9,11,16,18H,1-2,7,10,12-14H2,(H,25,29)/t18-/m1/s1. The zero-order chi connectivity index (χ0) is 20.7. The lowest BCUT2D eigenvalue weighted by molar-refractivity contribution is -0.126.